The van der Waals surface area contributed by atoms with Gasteiger partial charge < -0.3 is 10.6 Å². The summed E-state index contributed by atoms with van der Waals surface area (Å²) in [6, 6.07) is 0. The first-order valence-electron chi connectivity index (χ1n) is 4.63. The van der Waals surface area contributed by atoms with Crippen LogP contribution in [0.25, 0.3) is 0 Å². The third-order valence-electron chi connectivity index (χ3n) is 1.93. The molecular weight excluding hydrogens is 184 g/mol. The van der Waals surface area contributed by atoms with Crippen LogP contribution in [-0.2, 0) is 4.79 Å². The second-order valence-electron chi connectivity index (χ2n) is 3.26. The lowest BCUT2D eigenvalue weighted by atomic mass is 10.2. The molecule has 0 saturated heterocycles. The van der Waals surface area contributed by atoms with Gasteiger partial charge in [-0.05, 0) is 25.1 Å². The van der Waals surface area contributed by atoms with Crippen LogP contribution in [0.3, 0.4) is 0 Å². The van der Waals surface area contributed by atoms with Gasteiger partial charge in [0.1, 0.15) is 0 Å². The van der Waals surface area contributed by atoms with E-state index in [9.17, 15) is 4.79 Å². The summed E-state index contributed by atoms with van der Waals surface area (Å²) in [6.07, 6.45) is 0. The third kappa shape index (κ3) is 5.93. The van der Waals surface area contributed by atoms with Crippen LogP contribution in [0, 0.1) is 5.92 Å². The predicted molar refractivity (Wildman–Crippen MR) is 58.9 cm³/mol. The van der Waals surface area contributed by atoms with E-state index in [0.29, 0.717) is 18.2 Å². The second kappa shape index (κ2) is 7.21. The van der Waals surface area contributed by atoms with E-state index >= 15 is 0 Å². The molecule has 0 aliphatic heterocycles. The first-order chi connectivity index (χ1) is 6.11. The monoisotopic (exact) mass is 204 g/mol. The van der Waals surface area contributed by atoms with E-state index in [1.165, 1.54) is 0 Å². The fourth-order valence-electron chi connectivity index (χ4n) is 0.702. The van der Waals surface area contributed by atoms with Crippen molar-refractivity contribution in [3.8, 4) is 0 Å². The van der Waals surface area contributed by atoms with Crippen molar-refractivity contribution in [3.05, 3.63) is 0 Å². The molecule has 13 heavy (non-hydrogen) atoms. The van der Waals surface area contributed by atoms with Crippen molar-refractivity contribution in [2.24, 2.45) is 11.7 Å². The molecule has 0 aliphatic carbocycles. The Morgan fingerprint density at radius 3 is 2.69 bits per heavy atom. The Labute approximate surface area is 85.0 Å². The molecule has 78 valence electrons. The third-order valence-corrected chi connectivity index (χ3v) is 3.19. The van der Waals surface area contributed by atoms with Crippen LogP contribution >= 0.6 is 11.8 Å². The van der Waals surface area contributed by atoms with Crippen molar-refractivity contribution in [3.63, 3.8) is 0 Å². The first kappa shape index (κ1) is 12.8. The normalized spacial score (nSPS) is 12.6. The number of nitrogens with two attached hydrogens (primary N) is 1. The SMILES string of the molecule is CCN(C)C(=O)CSCC(C)CN. The fourth-order valence-corrected chi connectivity index (χ4v) is 1.75. The Balaban J connectivity index is 3.47. The van der Waals surface area contributed by atoms with E-state index in [0.717, 1.165) is 12.3 Å². The molecule has 0 aromatic carbocycles. The number of amides is 1. The van der Waals surface area contributed by atoms with Gasteiger partial charge in [-0.2, -0.15) is 11.8 Å². The highest BCUT2D eigenvalue weighted by Crippen LogP contribution is 2.07. The molecule has 0 radical (unpaired) electrons. The summed E-state index contributed by atoms with van der Waals surface area (Å²) in [6.45, 7) is 5.56. The van der Waals surface area contributed by atoms with Gasteiger partial charge in [0.05, 0.1) is 5.75 Å². The fraction of sp³-hybridized carbons (Fsp3) is 0.889. The number of hydrogen-bond donors (Lipinski definition) is 1. The van der Waals surface area contributed by atoms with Crippen LogP contribution in [0.5, 0.6) is 0 Å². The van der Waals surface area contributed by atoms with Crippen LogP contribution in [-0.4, -0.2) is 42.4 Å². The van der Waals surface area contributed by atoms with E-state index in [1.54, 1.807) is 16.7 Å². The van der Waals surface area contributed by atoms with Crippen molar-refractivity contribution >= 4 is 17.7 Å². The maximum atomic E-state index is 11.3. The van der Waals surface area contributed by atoms with Gasteiger partial charge in [-0.25, -0.2) is 0 Å². The number of thioether (sulfide) groups is 1. The maximum Gasteiger partial charge on any atom is 0.232 e. The van der Waals surface area contributed by atoms with Crippen LogP contribution in [0.4, 0.5) is 0 Å². The minimum Gasteiger partial charge on any atom is -0.345 e. The van der Waals surface area contributed by atoms with E-state index in [1.807, 2.05) is 14.0 Å². The summed E-state index contributed by atoms with van der Waals surface area (Å²) >= 11 is 1.67. The highest BCUT2D eigenvalue weighted by molar-refractivity contribution is 7.99. The topological polar surface area (TPSA) is 46.3 Å². The van der Waals surface area contributed by atoms with Crippen LogP contribution in [0.15, 0.2) is 0 Å². The van der Waals surface area contributed by atoms with Gasteiger partial charge in [0.15, 0.2) is 0 Å². The molecule has 1 atom stereocenters. The average molecular weight is 204 g/mol. The molecule has 0 aromatic rings. The maximum absolute atomic E-state index is 11.3. The summed E-state index contributed by atoms with van der Waals surface area (Å²) < 4.78 is 0. The van der Waals surface area contributed by atoms with Crippen molar-refractivity contribution in [1.82, 2.24) is 4.90 Å². The molecule has 0 bridgehead atoms. The van der Waals surface area contributed by atoms with Gasteiger partial charge in [-0.1, -0.05) is 6.92 Å². The van der Waals surface area contributed by atoms with Crippen molar-refractivity contribution < 1.29 is 4.79 Å². The van der Waals surface area contributed by atoms with Crippen molar-refractivity contribution in [2.75, 3.05) is 31.6 Å². The number of hydrogen-bond acceptors (Lipinski definition) is 3. The second-order valence-corrected chi connectivity index (χ2v) is 4.29. The molecule has 0 heterocycles. The van der Waals surface area contributed by atoms with E-state index in [2.05, 4.69) is 6.92 Å². The summed E-state index contributed by atoms with van der Waals surface area (Å²) in [5, 5.41) is 0. The van der Waals surface area contributed by atoms with Gasteiger partial charge in [0.2, 0.25) is 5.91 Å². The Morgan fingerprint density at radius 2 is 2.23 bits per heavy atom. The van der Waals surface area contributed by atoms with E-state index in [-0.39, 0.29) is 5.91 Å². The molecule has 4 heteroatoms. The number of nitrogens with zero attached hydrogens (tertiary/aromatic N) is 1. The molecule has 1 unspecified atom stereocenters. The Morgan fingerprint density at radius 1 is 1.62 bits per heavy atom. The Bertz CT molecular complexity index is 153. The number of carbonyl (C=O) groups excluding carboxylic acids is 1. The predicted octanol–water partition coefficient (Wildman–Crippen LogP) is 0.793. The molecule has 1 amide bonds. The van der Waals surface area contributed by atoms with Gasteiger partial charge in [0.25, 0.3) is 0 Å². The molecule has 0 fully saturated rings. The Kier molecular flexibility index (Phi) is 7.09. The molecular formula is C9H20N2OS. The lowest BCUT2D eigenvalue weighted by molar-refractivity contribution is -0.126. The van der Waals surface area contributed by atoms with Gasteiger partial charge in [0, 0.05) is 13.6 Å². The summed E-state index contributed by atoms with van der Waals surface area (Å²) in [7, 11) is 1.83. The van der Waals surface area contributed by atoms with Crippen LogP contribution in [0.1, 0.15) is 13.8 Å². The zero-order chi connectivity index (χ0) is 10.3. The van der Waals surface area contributed by atoms with Gasteiger partial charge in [-0.15, -0.1) is 0 Å². The molecule has 0 aromatic heterocycles. The van der Waals surface area contributed by atoms with Crippen molar-refractivity contribution in [2.45, 2.75) is 13.8 Å². The molecule has 2 N–H and O–H groups in total. The molecule has 0 aliphatic rings. The van der Waals surface area contributed by atoms with E-state index in [4.69, 9.17) is 5.73 Å². The molecule has 0 saturated carbocycles. The van der Waals surface area contributed by atoms with Gasteiger partial charge >= 0.3 is 0 Å². The smallest absolute Gasteiger partial charge is 0.232 e. The highest BCUT2D eigenvalue weighted by atomic mass is 32.2. The van der Waals surface area contributed by atoms with Crippen LogP contribution in [0.2, 0.25) is 0 Å². The van der Waals surface area contributed by atoms with Crippen molar-refractivity contribution in [1.29, 1.82) is 0 Å². The first-order valence-corrected chi connectivity index (χ1v) is 5.79. The lowest BCUT2D eigenvalue weighted by Gasteiger charge is -2.14. The number of rotatable bonds is 6. The van der Waals surface area contributed by atoms with E-state index < -0.39 is 0 Å². The minimum atomic E-state index is 0.205. The zero-order valence-corrected chi connectivity index (χ0v) is 9.56. The lowest BCUT2D eigenvalue weighted by Crippen LogP contribution is -2.28. The Hall–Kier alpha value is -0.220. The molecule has 3 nitrogen and oxygen atoms in total. The standard InChI is InChI=1S/C9H20N2OS/c1-4-11(3)9(12)7-13-6-8(2)5-10/h8H,4-7,10H2,1-3H3. The summed E-state index contributed by atoms with van der Waals surface area (Å²) in [4.78, 5) is 13.1. The quantitative estimate of drug-likeness (QED) is 0.696. The zero-order valence-electron chi connectivity index (χ0n) is 8.75. The molecule has 0 spiro atoms. The summed E-state index contributed by atoms with van der Waals surface area (Å²) in [5.41, 5.74) is 5.47. The largest absolute Gasteiger partial charge is 0.345 e. The molecule has 0 rings (SSSR count). The number of carbonyl (C=O) groups is 1. The summed E-state index contributed by atoms with van der Waals surface area (Å²) in [5.74, 6) is 2.26. The van der Waals surface area contributed by atoms with Gasteiger partial charge in [-0.3, -0.25) is 4.79 Å². The average Bonchev–Trinajstić information content (AvgIpc) is 2.15. The minimum absolute atomic E-state index is 0.205. The highest BCUT2D eigenvalue weighted by Gasteiger charge is 2.07. The van der Waals surface area contributed by atoms with Crippen LogP contribution < -0.4 is 5.73 Å².